The van der Waals surface area contributed by atoms with Crippen LogP contribution in [-0.4, -0.2) is 32.4 Å². The maximum Gasteiger partial charge on any atom is 0.411 e. The minimum Gasteiger partial charge on any atom is -0.497 e. The number of hydrogen-bond acceptors (Lipinski definition) is 3. The molecule has 2 rings (SSSR count). The summed E-state index contributed by atoms with van der Waals surface area (Å²) in [5.41, 5.74) is 2.65. The van der Waals surface area contributed by atoms with Crippen LogP contribution in [0, 0.1) is 0 Å². The third kappa shape index (κ3) is 10.1. The summed E-state index contributed by atoms with van der Waals surface area (Å²) < 4.78 is 46.4. The molecular formula is C21H27F3IN3O2. The fourth-order valence-corrected chi connectivity index (χ4v) is 2.54. The van der Waals surface area contributed by atoms with Crippen molar-refractivity contribution in [1.82, 2.24) is 10.6 Å². The summed E-state index contributed by atoms with van der Waals surface area (Å²) in [4.78, 5) is 4.54. The zero-order chi connectivity index (χ0) is 21.1. The van der Waals surface area contributed by atoms with Gasteiger partial charge in [-0.3, -0.25) is 0 Å². The fourth-order valence-electron chi connectivity index (χ4n) is 2.54. The molecule has 0 saturated carbocycles. The zero-order valence-corrected chi connectivity index (χ0v) is 19.3. The smallest absolute Gasteiger partial charge is 0.411 e. The first-order chi connectivity index (χ1) is 13.9. The lowest BCUT2D eigenvalue weighted by Gasteiger charge is -2.12. The van der Waals surface area contributed by atoms with Gasteiger partial charge in [0.2, 0.25) is 0 Å². The van der Waals surface area contributed by atoms with Crippen LogP contribution in [0.3, 0.4) is 0 Å². The van der Waals surface area contributed by atoms with Gasteiger partial charge in [-0.15, -0.1) is 24.0 Å². The highest BCUT2D eigenvalue weighted by molar-refractivity contribution is 14.0. The van der Waals surface area contributed by atoms with E-state index >= 15 is 0 Å². The summed E-state index contributed by atoms with van der Waals surface area (Å²) in [6.07, 6.45) is -4.32. The summed E-state index contributed by atoms with van der Waals surface area (Å²) in [5, 5.41) is 6.43. The molecule has 9 heteroatoms. The van der Waals surface area contributed by atoms with Crippen molar-refractivity contribution in [3.8, 4) is 5.75 Å². The van der Waals surface area contributed by atoms with Crippen LogP contribution in [0.4, 0.5) is 13.2 Å². The van der Waals surface area contributed by atoms with Crippen LogP contribution < -0.4 is 15.4 Å². The Morgan fingerprint density at radius 3 is 2.33 bits per heavy atom. The van der Waals surface area contributed by atoms with Crippen LogP contribution in [0.5, 0.6) is 5.75 Å². The first kappa shape index (κ1) is 26.0. The van der Waals surface area contributed by atoms with Crippen molar-refractivity contribution in [2.45, 2.75) is 32.8 Å². The molecule has 0 spiro atoms. The van der Waals surface area contributed by atoms with E-state index in [9.17, 15) is 13.2 Å². The Bertz CT molecular complexity index is 784. The Labute approximate surface area is 192 Å². The van der Waals surface area contributed by atoms with Gasteiger partial charge in [0.15, 0.2) is 5.96 Å². The highest BCUT2D eigenvalue weighted by Crippen LogP contribution is 2.16. The Balaban J connectivity index is 0.00000450. The molecule has 2 N–H and O–H groups in total. The van der Waals surface area contributed by atoms with Crippen molar-refractivity contribution >= 4 is 29.9 Å². The van der Waals surface area contributed by atoms with E-state index < -0.39 is 12.8 Å². The summed E-state index contributed by atoms with van der Waals surface area (Å²) >= 11 is 0. The molecule has 2 aromatic carbocycles. The van der Waals surface area contributed by atoms with Gasteiger partial charge in [-0.05, 0) is 35.7 Å². The van der Waals surface area contributed by atoms with Crippen LogP contribution in [0.2, 0.25) is 0 Å². The largest absolute Gasteiger partial charge is 0.497 e. The SMILES string of the molecule is CCNC(=NCc1cccc(COCC(F)(F)F)c1)NCc1ccc(OC)cc1.I. The number of nitrogens with one attached hydrogen (secondary N) is 2. The van der Waals surface area contributed by atoms with Gasteiger partial charge in [0.25, 0.3) is 0 Å². The number of nitrogens with zero attached hydrogens (tertiary/aromatic N) is 1. The average molecular weight is 537 g/mol. The molecule has 0 atom stereocenters. The number of guanidine groups is 1. The van der Waals surface area contributed by atoms with Crippen molar-refractivity contribution in [2.75, 3.05) is 20.3 Å². The lowest BCUT2D eigenvalue weighted by molar-refractivity contribution is -0.176. The van der Waals surface area contributed by atoms with Gasteiger partial charge in [0.1, 0.15) is 12.4 Å². The minimum atomic E-state index is -4.32. The number of alkyl halides is 3. The second kappa shape index (κ2) is 13.3. The predicted octanol–water partition coefficient (Wildman–Crippen LogP) is 4.65. The monoisotopic (exact) mass is 537 g/mol. The fraction of sp³-hybridized carbons (Fsp3) is 0.381. The summed E-state index contributed by atoms with van der Waals surface area (Å²) in [5.74, 6) is 1.45. The van der Waals surface area contributed by atoms with E-state index in [4.69, 9.17) is 9.47 Å². The molecular weight excluding hydrogens is 510 g/mol. The molecule has 0 fully saturated rings. The Kier molecular flexibility index (Phi) is 11.6. The molecule has 0 aliphatic carbocycles. The standard InChI is InChI=1S/C21H26F3N3O2.HI/c1-3-25-20(26-12-16-7-9-19(28-2)10-8-16)27-13-17-5-4-6-18(11-17)14-29-15-21(22,23)24;/h4-11H,3,12-15H2,1-2H3,(H2,25,26,27);1H. The molecule has 2 aromatic rings. The highest BCUT2D eigenvalue weighted by atomic mass is 127. The molecule has 0 aliphatic rings. The highest BCUT2D eigenvalue weighted by Gasteiger charge is 2.27. The number of aliphatic imine (C=N–C) groups is 1. The molecule has 166 valence electrons. The van der Waals surface area contributed by atoms with Gasteiger partial charge in [-0.1, -0.05) is 36.4 Å². The number of halogens is 4. The predicted molar refractivity (Wildman–Crippen MR) is 122 cm³/mol. The second-order valence-electron chi connectivity index (χ2n) is 6.32. The van der Waals surface area contributed by atoms with Crippen LogP contribution >= 0.6 is 24.0 Å². The molecule has 0 aromatic heterocycles. The average Bonchev–Trinajstić information content (AvgIpc) is 2.70. The Hall–Kier alpha value is -2.01. The summed E-state index contributed by atoms with van der Waals surface area (Å²) in [6, 6.07) is 14.9. The van der Waals surface area contributed by atoms with Gasteiger partial charge in [0.05, 0.1) is 20.3 Å². The normalized spacial score (nSPS) is 11.6. The number of methoxy groups -OCH3 is 1. The van der Waals surface area contributed by atoms with Crippen LogP contribution in [-0.2, 0) is 24.4 Å². The van der Waals surface area contributed by atoms with Gasteiger partial charge < -0.3 is 20.1 Å². The summed E-state index contributed by atoms with van der Waals surface area (Å²) in [7, 11) is 1.63. The minimum absolute atomic E-state index is 0. The first-order valence-corrected chi connectivity index (χ1v) is 9.27. The molecule has 0 saturated heterocycles. The maximum atomic E-state index is 12.2. The van der Waals surface area contributed by atoms with Crippen molar-refractivity contribution < 1.29 is 22.6 Å². The molecule has 30 heavy (non-hydrogen) atoms. The second-order valence-corrected chi connectivity index (χ2v) is 6.32. The molecule has 0 amide bonds. The third-order valence-electron chi connectivity index (χ3n) is 3.91. The van der Waals surface area contributed by atoms with E-state index in [0.717, 1.165) is 16.9 Å². The summed E-state index contributed by atoms with van der Waals surface area (Å²) in [6.45, 7) is 2.33. The van der Waals surface area contributed by atoms with Crippen molar-refractivity contribution in [3.63, 3.8) is 0 Å². The van der Waals surface area contributed by atoms with E-state index in [2.05, 4.69) is 15.6 Å². The molecule has 0 aliphatic heterocycles. The molecule has 0 unspecified atom stereocenters. The molecule has 0 heterocycles. The van der Waals surface area contributed by atoms with Gasteiger partial charge in [-0.2, -0.15) is 13.2 Å². The van der Waals surface area contributed by atoms with Gasteiger partial charge in [-0.25, -0.2) is 4.99 Å². The van der Waals surface area contributed by atoms with Crippen molar-refractivity contribution in [1.29, 1.82) is 0 Å². The number of hydrogen-bond donors (Lipinski definition) is 2. The molecule has 0 bridgehead atoms. The van der Waals surface area contributed by atoms with Crippen molar-refractivity contribution in [2.24, 2.45) is 4.99 Å². The van der Waals surface area contributed by atoms with Gasteiger partial charge in [0, 0.05) is 13.1 Å². The van der Waals surface area contributed by atoms with E-state index in [-0.39, 0.29) is 30.6 Å². The van der Waals surface area contributed by atoms with E-state index in [0.29, 0.717) is 31.2 Å². The number of ether oxygens (including phenoxy) is 2. The van der Waals surface area contributed by atoms with Crippen molar-refractivity contribution in [3.05, 3.63) is 65.2 Å². The quantitative estimate of drug-likeness (QED) is 0.278. The lowest BCUT2D eigenvalue weighted by Crippen LogP contribution is -2.36. The Morgan fingerprint density at radius 2 is 1.70 bits per heavy atom. The third-order valence-corrected chi connectivity index (χ3v) is 3.91. The molecule has 5 nitrogen and oxygen atoms in total. The van der Waals surface area contributed by atoms with E-state index in [1.807, 2.05) is 37.3 Å². The Morgan fingerprint density at radius 1 is 1.00 bits per heavy atom. The van der Waals surface area contributed by atoms with E-state index in [1.165, 1.54) is 0 Å². The lowest BCUT2D eigenvalue weighted by atomic mass is 10.1. The topological polar surface area (TPSA) is 54.9 Å². The number of benzene rings is 2. The van der Waals surface area contributed by atoms with Crippen LogP contribution in [0.1, 0.15) is 23.6 Å². The van der Waals surface area contributed by atoms with Crippen LogP contribution in [0.25, 0.3) is 0 Å². The number of rotatable bonds is 9. The first-order valence-electron chi connectivity index (χ1n) is 9.27. The van der Waals surface area contributed by atoms with E-state index in [1.54, 1.807) is 25.3 Å². The molecule has 0 radical (unpaired) electrons. The maximum absolute atomic E-state index is 12.2. The van der Waals surface area contributed by atoms with Gasteiger partial charge >= 0.3 is 6.18 Å². The zero-order valence-electron chi connectivity index (χ0n) is 17.0. The van der Waals surface area contributed by atoms with Crippen LogP contribution in [0.15, 0.2) is 53.5 Å².